The quantitative estimate of drug-likeness (QED) is 0.749. The first-order valence-electron chi connectivity index (χ1n) is 8.11. The Balaban J connectivity index is 1.76. The van der Waals surface area contributed by atoms with E-state index in [1.807, 2.05) is 6.92 Å². The fourth-order valence-electron chi connectivity index (χ4n) is 3.34. The normalized spacial score (nSPS) is 26.1. The van der Waals surface area contributed by atoms with Crippen molar-refractivity contribution in [3.8, 4) is 0 Å². The summed E-state index contributed by atoms with van der Waals surface area (Å²) < 4.78 is 0. The minimum absolute atomic E-state index is 0.205. The van der Waals surface area contributed by atoms with Crippen LogP contribution in [0.2, 0.25) is 0 Å². The van der Waals surface area contributed by atoms with Crippen molar-refractivity contribution in [3.63, 3.8) is 0 Å². The van der Waals surface area contributed by atoms with Crippen molar-refractivity contribution in [2.45, 2.75) is 70.9 Å². The number of likely N-dealkylation sites (tertiary alicyclic amines) is 1. The van der Waals surface area contributed by atoms with E-state index >= 15 is 0 Å². The first kappa shape index (κ1) is 15.8. The zero-order valence-electron chi connectivity index (χ0n) is 13.4. The van der Waals surface area contributed by atoms with Crippen LogP contribution in [-0.2, 0) is 4.79 Å². The van der Waals surface area contributed by atoms with Crippen LogP contribution in [0, 0.1) is 5.41 Å². The second-order valence-corrected chi connectivity index (χ2v) is 7.76. The lowest BCUT2D eigenvalue weighted by Crippen LogP contribution is -2.54. The van der Waals surface area contributed by atoms with Gasteiger partial charge in [-0.15, -0.1) is 0 Å². The summed E-state index contributed by atoms with van der Waals surface area (Å²) in [6.07, 6.45) is 6.86. The van der Waals surface area contributed by atoms with Crippen LogP contribution < -0.4 is 11.1 Å². The van der Waals surface area contributed by atoms with E-state index in [-0.39, 0.29) is 5.91 Å². The second kappa shape index (κ2) is 6.02. The highest BCUT2D eigenvalue weighted by molar-refractivity contribution is 5.84. The molecule has 20 heavy (non-hydrogen) atoms. The number of hydrogen-bond donors (Lipinski definition) is 2. The molecule has 1 unspecified atom stereocenters. The number of hydrogen-bond acceptors (Lipinski definition) is 3. The van der Waals surface area contributed by atoms with Crippen LogP contribution in [0.25, 0.3) is 0 Å². The van der Waals surface area contributed by atoms with E-state index in [0.717, 1.165) is 19.4 Å². The predicted molar refractivity (Wildman–Crippen MR) is 82.4 cm³/mol. The highest BCUT2D eigenvalue weighted by Gasteiger charge is 2.36. The van der Waals surface area contributed by atoms with Gasteiger partial charge in [0, 0.05) is 12.6 Å². The Morgan fingerprint density at radius 2 is 2.15 bits per heavy atom. The molecule has 1 heterocycles. The van der Waals surface area contributed by atoms with Gasteiger partial charge >= 0.3 is 0 Å². The largest absolute Gasteiger partial charge is 0.368 e. The van der Waals surface area contributed by atoms with Crippen LogP contribution in [0.1, 0.15) is 59.3 Å². The lowest BCUT2D eigenvalue weighted by Gasteiger charge is -2.38. The number of piperidine rings is 1. The lowest BCUT2D eigenvalue weighted by atomic mass is 9.84. The first-order valence-corrected chi connectivity index (χ1v) is 8.11. The summed E-state index contributed by atoms with van der Waals surface area (Å²) in [6.45, 7) is 10.1. The molecule has 116 valence electrons. The molecule has 1 saturated heterocycles. The highest BCUT2D eigenvalue weighted by Crippen LogP contribution is 2.29. The number of carbonyl (C=O) groups excluding carboxylic acids is 1. The Bertz CT molecular complexity index is 352. The molecule has 0 bridgehead atoms. The van der Waals surface area contributed by atoms with E-state index in [4.69, 9.17) is 5.73 Å². The number of nitrogens with one attached hydrogen (secondary N) is 1. The zero-order chi connectivity index (χ0) is 14.8. The molecule has 4 nitrogen and oxygen atoms in total. The van der Waals surface area contributed by atoms with Crippen LogP contribution in [-0.4, -0.2) is 42.0 Å². The topological polar surface area (TPSA) is 58.4 Å². The molecule has 2 aliphatic rings. The summed E-state index contributed by atoms with van der Waals surface area (Å²) in [5.41, 5.74) is 5.51. The van der Waals surface area contributed by atoms with Gasteiger partial charge in [0.1, 0.15) is 0 Å². The van der Waals surface area contributed by atoms with Crippen LogP contribution in [0.4, 0.5) is 0 Å². The number of primary amides is 1. The fraction of sp³-hybridized carbons (Fsp3) is 0.938. The Morgan fingerprint density at radius 3 is 2.70 bits per heavy atom. The average molecular weight is 281 g/mol. The molecule has 2 fully saturated rings. The number of nitrogens with zero attached hydrogens (tertiary/aromatic N) is 1. The maximum Gasteiger partial charge on any atom is 0.237 e. The van der Waals surface area contributed by atoms with Gasteiger partial charge in [-0.25, -0.2) is 0 Å². The molecule has 0 radical (unpaired) electrons. The van der Waals surface area contributed by atoms with Crippen LogP contribution in [0.5, 0.6) is 0 Å². The molecule has 0 aromatic heterocycles. The number of amides is 1. The molecular formula is C16H31N3O. The molecule has 4 heteroatoms. The van der Waals surface area contributed by atoms with Gasteiger partial charge in [-0.2, -0.15) is 0 Å². The van der Waals surface area contributed by atoms with Crippen LogP contribution in [0.15, 0.2) is 0 Å². The van der Waals surface area contributed by atoms with Gasteiger partial charge in [0.15, 0.2) is 0 Å². The summed E-state index contributed by atoms with van der Waals surface area (Å²) in [6, 6.07) is 0.515. The predicted octanol–water partition coefficient (Wildman–Crippen LogP) is 1.88. The van der Waals surface area contributed by atoms with Gasteiger partial charge < -0.3 is 16.0 Å². The van der Waals surface area contributed by atoms with E-state index in [2.05, 4.69) is 24.1 Å². The van der Waals surface area contributed by atoms with Gasteiger partial charge in [-0.05, 0) is 64.0 Å². The van der Waals surface area contributed by atoms with Crippen molar-refractivity contribution in [2.24, 2.45) is 11.1 Å². The van der Waals surface area contributed by atoms with Crippen molar-refractivity contribution in [1.82, 2.24) is 10.2 Å². The zero-order valence-corrected chi connectivity index (χ0v) is 13.4. The van der Waals surface area contributed by atoms with Crippen molar-refractivity contribution < 1.29 is 4.79 Å². The van der Waals surface area contributed by atoms with Crippen LogP contribution in [0.3, 0.4) is 0 Å². The Kier molecular flexibility index (Phi) is 4.75. The van der Waals surface area contributed by atoms with E-state index in [0.29, 0.717) is 11.5 Å². The minimum Gasteiger partial charge on any atom is -0.368 e. The van der Waals surface area contributed by atoms with Gasteiger partial charge in [0.25, 0.3) is 0 Å². The SMILES string of the molecule is CC1(C)CCCN(CCCC(C)(NC2CC2)C(N)=O)C1. The van der Waals surface area contributed by atoms with Gasteiger partial charge in [-0.3, -0.25) is 4.79 Å². The Morgan fingerprint density at radius 1 is 1.45 bits per heavy atom. The molecule has 0 spiro atoms. The summed E-state index contributed by atoms with van der Waals surface area (Å²) in [4.78, 5) is 14.3. The van der Waals surface area contributed by atoms with E-state index in [1.54, 1.807) is 0 Å². The average Bonchev–Trinajstić information content (AvgIpc) is 3.11. The van der Waals surface area contributed by atoms with Crippen molar-refractivity contribution in [1.29, 1.82) is 0 Å². The Labute approximate surface area is 123 Å². The lowest BCUT2D eigenvalue weighted by molar-refractivity contribution is -0.124. The third kappa shape index (κ3) is 4.45. The summed E-state index contributed by atoms with van der Waals surface area (Å²) in [5, 5.41) is 3.43. The summed E-state index contributed by atoms with van der Waals surface area (Å²) in [7, 11) is 0. The monoisotopic (exact) mass is 281 g/mol. The van der Waals surface area contributed by atoms with Crippen LogP contribution >= 0.6 is 0 Å². The molecule has 1 amide bonds. The van der Waals surface area contributed by atoms with Gasteiger partial charge in [0.2, 0.25) is 5.91 Å². The standard InChI is InChI=1S/C16H31N3O/c1-15(2)8-4-10-19(12-15)11-5-9-16(3,14(17)20)18-13-6-7-13/h13,18H,4-12H2,1-3H3,(H2,17,20). The number of rotatable bonds is 7. The molecular weight excluding hydrogens is 250 g/mol. The summed E-state index contributed by atoms with van der Waals surface area (Å²) in [5.74, 6) is -0.205. The number of nitrogens with two attached hydrogens (primary N) is 1. The maximum absolute atomic E-state index is 11.7. The molecule has 1 atom stereocenters. The fourth-order valence-corrected chi connectivity index (χ4v) is 3.34. The third-order valence-electron chi connectivity index (χ3n) is 4.77. The van der Waals surface area contributed by atoms with Gasteiger partial charge in [-0.1, -0.05) is 13.8 Å². The molecule has 2 rings (SSSR count). The van der Waals surface area contributed by atoms with Crippen molar-refractivity contribution in [3.05, 3.63) is 0 Å². The second-order valence-electron chi connectivity index (χ2n) is 7.76. The molecule has 0 aromatic carbocycles. The van der Waals surface area contributed by atoms with Gasteiger partial charge in [0.05, 0.1) is 5.54 Å². The van der Waals surface area contributed by atoms with E-state index < -0.39 is 5.54 Å². The molecule has 1 aliphatic carbocycles. The highest BCUT2D eigenvalue weighted by atomic mass is 16.1. The maximum atomic E-state index is 11.7. The third-order valence-corrected chi connectivity index (χ3v) is 4.77. The van der Waals surface area contributed by atoms with E-state index in [1.165, 1.54) is 38.8 Å². The molecule has 3 N–H and O–H groups in total. The molecule has 0 aromatic rings. The molecule has 1 aliphatic heterocycles. The Hall–Kier alpha value is -0.610. The van der Waals surface area contributed by atoms with Crippen molar-refractivity contribution >= 4 is 5.91 Å². The first-order chi connectivity index (χ1) is 9.31. The molecule has 1 saturated carbocycles. The van der Waals surface area contributed by atoms with Crippen molar-refractivity contribution in [2.75, 3.05) is 19.6 Å². The smallest absolute Gasteiger partial charge is 0.237 e. The van der Waals surface area contributed by atoms with E-state index in [9.17, 15) is 4.79 Å². The number of carbonyl (C=O) groups is 1. The summed E-state index contributed by atoms with van der Waals surface area (Å²) >= 11 is 0. The minimum atomic E-state index is -0.521.